The average Bonchev–Trinajstić information content (AvgIpc) is 2.76. The SMILES string of the molecule is CCC(COP(=O)(NC(C)C(=O)OC(C)C)Oc1ccccc1)OC(C)n1ccc(=O)[nH]c1=O. The lowest BCUT2D eigenvalue weighted by Crippen LogP contribution is -2.37. The van der Waals surface area contributed by atoms with Gasteiger partial charge in [0.05, 0.1) is 18.8 Å². The molecule has 0 radical (unpaired) electrons. The van der Waals surface area contributed by atoms with Crippen LogP contribution in [0.4, 0.5) is 0 Å². The number of rotatable bonds is 13. The molecule has 1 aromatic carbocycles. The Morgan fingerprint density at radius 1 is 1.12 bits per heavy atom. The van der Waals surface area contributed by atoms with Crippen LogP contribution in [0.5, 0.6) is 5.75 Å². The molecule has 4 atom stereocenters. The Morgan fingerprint density at radius 2 is 1.79 bits per heavy atom. The van der Waals surface area contributed by atoms with E-state index in [0.717, 1.165) is 0 Å². The molecule has 2 rings (SSSR count). The second-order valence-electron chi connectivity index (χ2n) is 7.82. The fourth-order valence-corrected chi connectivity index (χ4v) is 4.35. The molecule has 0 bridgehead atoms. The standard InChI is InChI=1S/C22H32N3O8P/c1-6-18(32-17(5)25-13-12-20(26)23-22(25)28)14-30-34(29,33-19-10-8-7-9-11-19)24-16(4)21(27)31-15(2)3/h7-13,15-18H,6,14H2,1-5H3,(H,24,29)(H,23,26,28). The van der Waals surface area contributed by atoms with Crippen molar-refractivity contribution in [2.45, 2.75) is 65.5 Å². The molecule has 1 heterocycles. The first-order valence-corrected chi connectivity index (χ1v) is 12.5. The molecule has 0 amide bonds. The molecular weight excluding hydrogens is 465 g/mol. The summed E-state index contributed by atoms with van der Waals surface area (Å²) >= 11 is 0. The molecule has 0 spiro atoms. The van der Waals surface area contributed by atoms with E-state index in [4.69, 9.17) is 18.5 Å². The number of H-pyrrole nitrogens is 1. The van der Waals surface area contributed by atoms with Crippen molar-refractivity contribution in [1.29, 1.82) is 0 Å². The van der Waals surface area contributed by atoms with Crippen LogP contribution in [0.3, 0.4) is 0 Å². The van der Waals surface area contributed by atoms with Crippen LogP contribution >= 0.6 is 7.75 Å². The fourth-order valence-electron chi connectivity index (χ4n) is 2.83. The first-order chi connectivity index (χ1) is 16.0. The number of carbonyl (C=O) groups excluding carboxylic acids is 1. The molecule has 188 valence electrons. The quantitative estimate of drug-likeness (QED) is 0.316. The van der Waals surface area contributed by atoms with Gasteiger partial charge in [0.15, 0.2) is 0 Å². The van der Waals surface area contributed by atoms with Gasteiger partial charge in [-0.05, 0) is 46.2 Å². The van der Waals surface area contributed by atoms with E-state index < -0.39 is 43.3 Å². The first-order valence-electron chi connectivity index (χ1n) is 11.0. The fraction of sp³-hybridized carbons (Fsp3) is 0.500. The Kier molecular flexibility index (Phi) is 10.2. The Hall–Kier alpha value is -2.72. The summed E-state index contributed by atoms with van der Waals surface area (Å²) in [5.74, 6) is -0.324. The zero-order valence-corrected chi connectivity index (χ0v) is 20.8. The first kappa shape index (κ1) is 27.5. The number of hydrogen-bond acceptors (Lipinski definition) is 8. The van der Waals surface area contributed by atoms with Crippen LogP contribution in [0.1, 0.15) is 47.3 Å². The average molecular weight is 497 g/mol. The Bertz CT molecular complexity index is 1090. The third kappa shape index (κ3) is 8.57. The molecule has 4 unspecified atom stereocenters. The summed E-state index contributed by atoms with van der Waals surface area (Å²) in [6, 6.07) is 8.63. The monoisotopic (exact) mass is 497 g/mol. The summed E-state index contributed by atoms with van der Waals surface area (Å²) in [4.78, 5) is 37.7. The van der Waals surface area contributed by atoms with Gasteiger partial charge in [-0.3, -0.25) is 23.7 Å². The molecule has 2 aromatic rings. The lowest BCUT2D eigenvalue weighted by atomic mass is 10.3. The van der Waals surface area contributed by atoms with Crippen molar-refractivity contribution in [3.8, 4) is 5.75 Å². The zero-order valence-electron chi connectivity index (χ0n) is 19.9. The van der Waals surface area contributed by atoms with Gasteiger partial charge in [0.2, 0.25) is 0 Å². The minimum absolute atomic E-state index is 0.165. The predicted octanol–water partition coefficient (Wildman–Crippen LogP) is 2.98. The van der Waals surface area contributed by atoms with Gasteiger partial charge in [-0.25, -0.2) is 9.36 Å². The van der Waals surface area contributed by atoms with Crippen LogP contribution in [0.15, 0.2) is 52.2 Å². The largest absolute Gasteiger partial charge is 0.462 e. The molecular formula is C22H32N3O8P. The van der Waals surface area contributed by atoms with Crippen molar-refractivity contribution in [1.82, 2.24) is 14.6 Å². The number of aromatic nitrogens is 2. The molecule has 0 aliphatic heterocycles. The molecule has 0 saturated heterocycles. The Morgan fingerprint density at radius 3 is 2.38 bits per heavy atom. The summed E-state index contributed by atoms with van der Waals surface area (Å²) in [5, 5.41) is 2.61. The minimum atomic E-state index is -4.04. The van der Waals surface area contributed by atoms with Crippen LogP contribution in [0.25, 0.3) is 0 Å². The van der Waals surface area contributed by atoms with Gasteiger partial charge >= 0.3 is 19.4 Å². The van der Waals surface area contributed by atoms with Gasteiger partial charge in [0, 0.05) is 12.3 Å². The molecule has 2 N–H and O–H groups in total. The van der Waals surface area contributed by atoms with E-state index in [-0.39, 0.29) is 18.5 Å². The number of hydrogen-bond donors (Lipinski definition) is 2. The Labute approximate surface area is 198 Å². The Balaban J connectivity index is 2.13. The van der Waals surface area contributed by atoms with Crippen LogP contribution in [0.2, 0.25) is 0 Å². The van der Waals surface area contributed by atoms with Crippen molar-refractivity contribution in [2.24, 2.45) is 0 Å². The lowest BCUT2D eigenvalue weighted by Gasteiger charge is -2.26. The summed E-state index contributed by atoms with van der Waals surface area (Å²) in [6.07, 6.45) is 0.120. The third-order valence-corrected chi connectivity index (χ3v) is 6.19. The molecule has 12 heteroatoms. The predicted molar refractivity (Wildman–Crippen MR) is 126 cm³/mol. The van der Waals surface area contributed by atoms with E-state index in [1.54, 1.807) is 51.1 Å². The van der Waals surface area contributed by atoms with E-state index >= 15 is 0 Å². The van der Waals surface area contributed by atoms with Crippen LogP contribution in [-0.4, -0.2) is 40.4 Å². The summed E-state index contributed by atoms with van der Waals surface area (Å²) in [6.45, 7) is 8.20. The number of nitrogens with zero attached hydrogens (tertiary/aromatic N) is 1. The highest BCUT2D eigenvalue weighted by Gasteiger charge is 2.33. The van der Waals surface area contributed by atoms with E-state index in [2.05, 4.69) is 10.1 Å². The van der Waals surface area contributed by atoms with Gasteiger partial charge in [0.25, 0.3) is 5.56 Å². The highest BCUT2D eigenvalue weighted by Crippen LogP contribution is 2.45. The minimum Gasteiger partial charge on any atom is -0.462 e. The number of nitrogens with one attached hydrogen (secondary N) is 2. The third-order valence-electron chi connectivity index (χ3n) is 4.54. The van der Waals surface area contributed by atoms with Gasteiger partial charge in [-0.1, -0.05) is 25.1 Å². The van der Waals surface area contributed by atoms with Gasteiger partial charge in [-0.15, -0.1) is 0 Å². The zero-order chi connectivity index (χ0) is 25.3. The maximum atomic E-state index is 13.5. The molecule has 34 heavy (non-hydrogen) atoms. The van der Waals surface area contributed by atoms with Crippen molar-refractivity contribution < 1.29 is 27.9 Å². The van der Waals surface area contributed by atoms with Crippen molar-refractivity contribution in [3.63, 3.8) is 0 Å². The maximum Gasteiger partial charge on any atom is 0.459 e. The normalized spacial score (nSPS) is 15.8. The van der Waals surface area contributed by atoms with Gasteiger partial charge in [0.1, 0.15) is 18.0 Å². The van der Waals surface area contributed by atoms with Crippen LogP contribution < -0.4 is 20.9 Å². The number of para-hydroxylation sites is 1. The molecule has 0 fully saturated rings. The van der Waals surface area contributed by atoms with E-state index in [1.165, 1.54) is 23.8 Å². The number of esters is 1. The van der Waals surface area contributed by atoms with Gasteiger partial charge in [-0.2, -0.15) is 5.09 Å². The number of carbonyl (C=O) groups is 1. The highest BCUT2D eigenvalue weighted by atomic mass is 31.2. The molecule has 0 saturated carbocycles. The summed E-state index contributed by atoms with van der Waals surface area (Å²) in [5.41, 5.74) is -1.13. The second kappa shape index (κ2) is 12.7. The second-order valence-corrected chi connectivity index (χ2v) is 9.51. The molecule has 11 nitrogen and oxygen atoms in total. The summed E-state index contributed by atoms with van der Waals surface area (Å²) in [7, 11) is -4.04. The maximum absolute atomic E-state index is 13.5. The molecule has 0 aliphatic rings. The van der Waals surface area contributed by atoms with Crippen LogP contribution in [-0.2, 0) is 23.4 Å². The number of ether oxygens (including phenoxy) is 2. The van der Waals surface area contributed by atoms with Crippen molar-refractivity contribution in [3.05, 3.63) is 63.4 Å². The summed E-state index contributed by atoms with van der Waals surface area (Å²) < 4.78 is 37.0. The van der Waals surface area contributed by atoms with Crippen LogP contribution in [0, 0.1) is 0 Å². The van der Waals surface area contributed by atoms with Crippen molar-refractivity contribution in [2.75, 3.05) is 6.61 Å². The smallest absolute Gasteiger partial charge is 0.459 e. The highest BCUT2D eigenvalue weighted by molar-refractivity contribution is 7.52. The molecule has 0 aliphatic carbocycles. The molecule has 1 aromatic heterocycles. The van der Waals surface area contributed by atoms with Crippen molar-refractivity contribution >= 4 is 13.7 Å². The van der Waals surface area contributed by atoms with E-state index in [0.29, 0.717) is 6.42 Å². The lowest BCUT2D eigenvalue weighted by molar-refractivity contribution is -0.149. The van der Waals surface area contributed by atoms with E-state index in [9.17, 15) is 18.9 Å². The topological polar surface area (TPSA) is 138 Å². The van der Waals surface area contributed by atoms with E-state index in [1.807, 2.05) is 6.92 Å². The van der Waals surface area contributed by atoms with Gasteiger partial charge < -0.3 is 14.0 Å². The number of benzene rings is 1. The number of aromatic amines is 1.